The van der Waals surface area contributed by atoms with Gasteiger partial charge in [0.15, 0.2) is 0 Å². The van der Waals surface area contributed by atoms with Gasteiger partial charge in [-0.3, -0.25) is 9.78 Å². The maximum absolute atomic E-state index is 12.9. The summed E-state index contributed by atoms with van der Waals surface area (Å²) in [6, 6.07) is 21.2. The molecule has 3 nitrogen and oxygen atoms in total. The van der Waals surface area contributed by atoms with Crippen molar-refractivity contribution in [2.24, 2.45) is 0 Å². The number of aromatic nitrogens is 1. The molecular weight excluding hydrogens is 366 g/mol. The van der Waals surface area contributed by atoms with Crippen molar-refractivity contribution < 1.29 is 9.90 Å². The number of hydrogen-bond donors (Lipinski definition) is 1. The Labute approximate surface area is 168 Å². The number of carbonyl (C=O) groups is 1. The molecule has 3 aromatic carbocycles. The first kappa shape index (κ1) is 18.3. The van der Waals surface area contributed by atoms with Gasteiger partial charge in [0.1, 0.15) is 5.75 Å². The van der Waals surface area contributed by atoms with Gasteiger partial charge in [0.25, 0.3) is 0 Å². The fourth-order valence-corrected chi connectivity index (χ4v) is 4.05. The third-order valence-corrected chi connectivity index (χ3v) is 5.64. The Morgan fingerprint density at radius 1 is 0.929 bits per heavy atom. The van der Waals surface area contributed by atoms with Crippen LogP contribution in [0.5, 0.6) is 5.75 Å². The minimum absolute atomic E-state index is 0.0211. The van der Waals surface area contributed by atoms with Crippen LogP contribution < -0.4 is 0 Å². The van der Waals surface area contributed by atoms with Crippen LogP contribution in [0.25, 0.3) is 22.0 Å². The molecule has 0 aliphatic heterocycles. The average Bonchev–Trinajstić information content (AvgIpc) is 2.71. The Bertz CT molecular complexity index is 1160. The molecule has 0 atom stereocenters. The molecule has 28 heavy (non-hydrogen) atoms. The molecule has 0 radical (unpaired) electrons. The van der Waals surface area contributed by atoms with Gasteiger partial charge in [-0.2, -0.15) is 0 Å². The van der Waals surface area contributed by atoms with Crippen molar-refractivity contribution in [1.29, 1.82) is 0 Å². The number of benzene rings is 3. The van der Waals surface area contributed by atoms with Crippen molar-refractivity contribution in [1.82, 2.24) is 4.98 Å². The van der Waals surface area contributed by atoms with Gasteiger partial charge in [0, 0.05) is 22.0 Å². The minimum atomic E-state index is -0.0211. The monoisotopic (exact) mass is 385 g/mol. The molecule has 0 fully saturated rings. The van der Waals surface area contributed by atoms with Crippen LogP contribution in [0.4, 0.5) is 0 Å². The van der Waals surface area contributed by atoms with E-state index in [9.17, 15) is 9.90 Å². The van der Waals surface area contributed by atoms with Crippen molar-refractivity contribution in [2.45, 2.75) is 18.7 Å². The molecule has 1 N–H and O–H groups in total. The van der Waals surface area contributed by atoms with Crippen molar-refractivity contribution in [3.8, 4) is 16.9 Å². The van der Waals surface area contributed by atoms with Gasteiger partial charge in [-0.05, 0) is 90.3 Å². The molecule has 0 unspecified atom stereocenters. The van der Waals surface area contributed by atoms with E-state index in [4.69, 9.17) is 0 Å². The van der Waals surface area contributed by atoms with E-state index in [1.165, 1.54) is 11.8 Å². The maximum atomic E-state index is 12.9. The van der Waals surface area contributed by atoms with Crippen molar-refractivity contribution in [3.63, 3.8) is 0 Å². The predicted molar refractivity (Wildman–Crippen MR) is 115 cm³/mol. The summed E-state index contributed by atoms with van der Waals surface area (Å²) in [5.74, 6) is 0.304. The lowest BCUT2D eigenvalue weighted by molar-refractivity contribution is 0.108. The van der Waals surface area contributed by atoms with Crippen LogP contribution in [0.3, 0.4) is 0 Å². The Morgan fingerprint density at radius 2 is 1.64 bits per heavy atom. The second-order valence-electron chi connectivity index (χ2n) is 6.76. The van der Waals surface area contributed by atoms with E-state index in [0.717, 1.165) is 38.1 Å². The van der Waals surface area contributed by atoms with E-state index >= 15 is 0 Å². The van der Waals surface area contributed by atoms with Crippen molar-refractivity contribution in [2.75, 3.05) is 0 Å². The number of phenols is 1. The third kappa shape index (κ3) is 3.51. The number of rotatable bonds is 3. The Balaban J connectivity index is 1.85. The Morgan fingerprint density at radius 3 is 2.36 bits per heavy atom. The molecular formula is C24H19NO2S. The van der Waals surface area contributed by atoms with Crippen LogP contribution in [0.15, 0.2) is 77.8 Å². The molecule has 4 rings (SSSR count). The molecule has 0 aliphatic carbocycles. The van der Waals surface area contributed by atoms with E-state index < -0.39 is 0 Å². The topological polar surface area (TPSA) is 50.2 Å². The molecule has 1 aromatic heterocycles. The van der Waals surface area contributed by atoms with E-state index in [0.29, 0.717) is 11.3 Å². The molecule has 138 valence electrons. The summed E-state index contributed by atoms with van der Waals surface area (Å²) >= 11 is 1.21. The van der Waals surface area contributed by atoms with Crippen LogP contribution >= 0.6 is 11.8 Å². The summed E-state index contributed by atoms with van der Waals surface area (Å²) in [6.45, 7) is 3.76. The molecule has 0 aliphatic rings. The Kier molecular flexibility index (Phi) is 4.88. The van der Waals surface area contributed by atoms with Gasteiger partial charge in [-0.15, -0.1) is 0 Å². The standard InChI is InChI=1S/C24H19NO2S/c1-15-11-17(12-16(2)23(15)26)21-13-18(14-22-20(21)9-6-10-25-22)24(27)28-19-7-4-3-5-8-19/h3-14,26H,1-2H3. The zero-order valence-corrected chi connectivity index (χ0v) is 16.5. The molecule has 0 spiro atoms. The number of pyridine rings is 1. The Hall–Kier alpha value is -3.11. The minimum Gasteiger partial charge on any atom is -0.507 e. The first-order chi connectivity index (χ1) is 13.5. The molecule has 4 heteroatoms. The number of aromatic hydroxyl groups is 1. The van der Waals surface area contributed by atoms with E-state index in [-0.39, 0.29) is 5.12 Å². The van der Waals surface area contributed by atoms with Crippen LogP contribution in [-0.4, -0.2) is 15.2 Å². The van der Waals surface area contributed by atoms with E-state index in [1.807, 2.05) is 80.6 Å². The van der Waals surface area contributed by atoms with Gasteiger partial charge in [-0.25, -0.2) is 0 Å². The lowest BCUT2D eigenvalue weighted by atomic mass is 9.95. The first-order valence-electron chi connectivity index (χ1n) is 8.99. The van der Waals surface area contributed by atoms with Gasteiger partial charge in [0.05, 0.1) is 5.52 Å². The zero-order chi connectivity index (χ0) is 19.7. The van der Waals surface area contributed by atoms with Crippen LogP contribution in [0, 0.1) is 13.8 Å². The number of carbonyl (C=O) groups excluding carboxylic acids is 1. The lowest BCUT2D eigenvalue weighted by Crippen LogP contribution is -1.96. The highest BCUT2D eigenvalue weighted by atomic mass is 32.2. The second kappa shape index (κ2) is 7.49. The van der Waals surface area contributed by atoms with Gasteiger partial charge in [-0.1, -0.05) is 24.3 Å². The average molecular weight is 385 g/mol. The van der Waals surface area contributed by atoms with Crippen LogP contribution in [0.2, 0.25) is 0 Å². The first-order valence-corrected chi connectivity index (χ1v) is 9.81. The smallest absolute Gasteiger partial charge is 0.224 e. The second-order valence-corrected chi connectivity index (χ2v) is 7.80. The molecule has 0 saturated carbocycles. The highest BCUT2D eigenvalue weighted by Gasteiger charge is 2.15. The summed E-state index contributed by atoms with van der Waals surface area (Å²) in [4.78, 5) is 18.3. The SMILES string of the molecule is Cc1cc(-c2cc(C(=O)Sc3ccccc3)cc3ncccc23)cc(C)c1O. The van der Waals surface area contributed by atoms with Gasteiger partial charge < -0.3 is 5.11 Å². The molecule has 4 aromatic rings. The molecule has 0 bridgehead atoms. The molecule has 0 saturated heterocycles. The quantitative estimate of drug-likeness (QED) is 0.429. The third-order valence-electron chi connectivity index (χ3n) is 4.71. The summed E-state index contributed by atoms with van der Waals surface area (Å²) in [5.41, 5.74) is 4.91. The largest absolute Gasteiger partial charge is 0.507 e. The van der Waals surface area contributed by atoms with Gasteiger partial charge >= 0.3 is 0 Å². The lowest BCUT2D eigenvalue weighted by Gasteiger charge is -2.12. The molecule has 0 amide bonds. The number of hydrogen-bond acceptors (Lipinski definition) is 4. The fraction of sp³-hybridized carbons (Fsp3) is 0.0833. The summed E-state index contributed by atoms with van der Waals surface area (Å²) in [5, 5.41) is 11.1. The van der Waals surface area contributed by atoms with Crippen molar-refractivity contribution in [3.05, 3.63) is 89.6 Å². The number of thioether (sulfide) groups is 1. The van der Waals surface area contributed by atoms with Crippen LogP contribution in [0.1, 0.15) is 21.5 Å². The maximum Gasteiger partial charge on any atom is 0.224 e. The number of phenolic OH excluding ortho intramolecular Hbond substituents is 1. The normalized spacial score (nSPS) is 10.9. The summed E-state index contributed by atoms with van der Waals surface area (Å²) in [6.07, 6.45) is 1.73. The van der Waals surface area contributed by atoms with Crippen molar-refractivity contribution >= 4 is 27.8 Å². The number of nitrogens with zero attached hydrogens (tertiary/aromatic N) is 1. The number of aryl methyl sites for hydroxylation is 2. The highest BCUT2D eigenvalue weighted by molar-refractivity contribution is 8.14. The number of fused-ring (bicyclic) bond motifs is 1. The zero-order valence-electron chi connectivity index (χ0n) is 15.6. The summed E-state index contributed by atoms with van der Waals surface area (Å²) in [7, 11) is 0. The van der Waals surface area contributed by atoms with E-state index in [1.54, 1.807) is 6.20 Å². The predicted octanol–water partition coefficient (Wildman–Crippen LogP) is 6.16. The van der Waals surface area contributed by atoms with E-state index in [2.05, 4.69) is 4.98 Å². The molecule has 1 heterocycles. The summed E-state index contributed by atoms with van der Waals surface area (Å²) < 4.78 is 0. The van der Waals surface area contributed by atoms with Crippen LogP contribution in [-0.2, 0) is 0 Å². The fourth-order valence-electron chi connectivity index (χ4n) is 3.31. The highest BCUT2D eigenvalue weighted by Crippen LogP contribution is 2.35. The van der Waals surface area contributed by atoms with Gasteiger partial charge in [0.2, 0.25) is 5.12 Å².